The number of amides is 3. The highest BCUT2D eigenvalue weighted by Crippen LogP contribution is 2.23. The molecule has 1 aliphatic rings. The quantitative estimate of drug-likeness (QED) is 0.694. The molecule has 1 aromatic carbocycles. The summed E-state index contributed by atoms with van der Waals surface area (Å²) in [7, 11) is 0. The van der Waals surface area contributed by atoms with Crippen LogP contribution in [0.5, 0.6) is 0 Å². The third-order valence-electron chi connectivity index (χ3n) is 4.27. The minimum atomic E-state index is -0.436. The van der Waals surface area contributed by atoms with Crippen molar-refractivity contribution in [2.24, 2.45) is 0 Å². The predicted octanol–water partition coefficient (Wildman–Crippen LogP) is 2.72. The van der Waals surface area contributed by atoms with E-state index in [0.717, 1.165) is 21.0 Å². The molecule has 3 aromatic rings. The summed E-state index contributed by atoms with van der Waals surface area (Å²) in [6.45, 7) is -0.00188. The molecular formula is C20H15N3O3S. The van der Waals surface area contributed by atoms with Crippen LogP contribution in [0.1, 0.15) is 26.3 Å². The molecule has 0 saturated carbocycles. The second-order valence-electron chi connectivity index (χ2n) is 6.05. The minimum absolute atomic E-state index is 0.295. The van der Waals surface area contributed by atoms with Crippen molar-refractivity contribution in [3.05, 3.63) is 76.8 Å². The summed E-state index contributed by atoms with van der Waals surface area (Å²) >= 11 is 1.59. The fourth-order valence-corrected chi connectivity index (χ4v) is 3.62. The van der Waals surface area contributed by atoms with E-state index >= 15 is 0 Å². The molecule has 27 heavy (non-hydrogen) atoms. The normalized spacial score (nSPS) is 13.0. The molecule has 0 bridgehead atoms. The number of nitrogens with zero attached hydrogens (tertiary/aromatic N) is 2. The van der Waals surface area contributed by atoms with Crippen LogP contribution in [0.2, 0.25) is 0 Å². The van der Waals surface area contributed by atoms with Gasteiger partial charge in [0.05, 0.1) is 21.7 Å². The van der Waals surface area contributed by atoms with Crippen molar-refractivity contribution in [3.8, 4) is 10.6 Å². The van der Waals surface area contributed by atoms with Crippen LogP contribution in [0.4, 0.5) is 0 Å². The Bertz CT molecular complexity index is 995. The van der Waals surface area contributed by atoms with Crippen LogP contribution >= 0.6 is 11.3 Å². The van der Waals surface area contributed by atoms with Crippen LogP contribution in [-0.4, -0.2) is 34.2 Å². The number of hydrogen-bond donors (Lipinski definition) is 1. The van der Waals surface area contributed by atoms with Crippen molar-refractivity contribution in [1.82, 2.24) is 15.2 Å². The predicted molar refractivity (Wildman–Crippen MR) is 101 cm³/mol. The van der Waals surface area contributed by atoms with E-state index in [0.29, 0.717) is 17.7 Å². The maximum atomic E-state index is 12.3. The SMILES string of the molecule is O=C(CN1C(=O)c2ccccc2C1=O)NCc1ccnc(-c2cccs2)c1. The van der Waals surface area contributed by atoms with Gasteiger partial charge in [0.1, 0.15) is 6.54 Å². The van der Waals surface area contributed by atoms with Crippen molar-refractivity contribution in [2.75, 3.05) is 6.54 Å². The summed E-state index contributed by atoms with van der Waals surface area (Å²) in [5.74, 6) is -1.26. The summed E-state index contributed by atoms with van der Waals surface area (Å²) < 4.78 is 0. The summed E-state index contributed by atoms with van der Waals surface area (Å²) in [5.41, 5.74) is 2.41. The molecule has 2 aromatic heterocycles. The number of thiophene rings is 1. The fraction of sp³-hybridized carbons (Fsp3) is 0.100. The molecule has 0 saturated heterocycles. The topological polar surface area (TPSA) is 79.4 Å². The van der Waals surface area contributed by atoms with Crippen LogP contribution in [0, 0.1) is 0 Å². The first-order valence-electron chi connectivity index (χ1n) is 8.34. The molecule has 1 aliphatic heterocycles. The van der Waals surface area contributed by atoms with Crippen molar-refractivity contribution in [3.63, 3.8) is 0 Å². The van der Waals surface area contributed by atoms with E-state index in [-0.39, 0.29) is 12.5 Å². The first-order valence-corrected chi connectivity index (χ1v) is 9.22. The standard InChI is InChI=1S/C20H15N3O3S/c24-18(12-23-19(25)14-4-1-2-5-15(14)20(23)26)22-11-13-7-8-21-16(10-13)17-6-3-9-27-17/h1-10H,11-12H2,(H,22,24). The Labute approximate surface area is 159 Å². The van der Waals surface area contributed by atoms with Gasteiger partial charge in [0.2, 0.25) is 5.91 Å². The lowest BCUT2D eigenvalue weighted by atomic mass is 10.1. The highest BCUT2D eigenvalue weighted by Gasteiger charge is 2.36. The molecule has 6 nitrogen and oxygen atoms in total. The Morgan fingerprint density at radius 2 is 1.78 bits per heavy atom. The number of imide groups is 1. The van der Waals surface area contributed by atoms with E-state index in [1.165, 1.54) is 0 Å². The molecule has 7 heteroatoms. The molecule has 134 valence electrons. The second kappa shape index (κ2) is 7.13. The molecule has 3 amide bonds. The summed E-state index contributed by atoms with van der Waals surface area (Å²) in [6.07, 6.45) is 1.70. The molecule has 0 radical (unpaired) electrons. The van der Waals surface area contributed by atoms with E-state index in [2.05, 4.69) is 10.3 Å². The third kappa shape index (κ3) is 3.37. The van der Waals surface area contributed by atoms with Gasteiger partial charge < -0.3 is 5.32 Å². The van der Waals surface area contributed by atoms with Crippen LogP contribution in [-0.2, 0) is 11.3 Å². The number of carbonyl (C=O) groups is 3. The molecule has 0 fully saturated rings. The Hall–Kier alpha value is -3.32. The van der Waals surface area contributed by atoms with Crippen LogP contribution < -0.4 is 5.32 Å². The first-order chi connectivity index (χ1) is 13.1. The average molecular weight is 377 g/mol. The van der Waals surface area contributed by atoms with Crippen molar-refractivity contribution in [1.29, 1.82) is 0 Å². The van der Waals surface area contributed by atoms with E-state index in [1.807, 2.05) is 29.6 Å². The van der Waals surface area contributed by atoms with Gasteiger partial charge in [-0.3, -0.25) is 24.3 Å². The second-order valence-corrected chi connectivity index (χ2v) is 6.99. The smallest absolute Gasteiger partial charge is 0.262 e. The largest absolute Gasteiger partial charge is 0.350 e. The van der Waals surface area contributed by atoms with Gasteiger partial charge in [-0.25, -0.2) is 0 Å². The molecule has 1 N–H and O–H groups in total. The molecule has 3 heterocycles. The van der Waals surface area contributed by atoms with E-state index in [1.54, 1.807) is 41.8 Å². The van der Waals surface area contributed by atoms with Gasteiger partial charge in [-0.1, -0.05) is 18.2 Å². The number of benzene rings is 1. The number of aromatic nitrogens is 1. The van der Waals surface area contributed by atoms with Gasteiger partial charge >= 0.3 is 0 Å². The highest BCUT2D eigenvalue weighted by molar-refractivity contribution is 7.13. The van der Waals surface area contributed by atoms with Crippen LogP contribution in [0.25, 0.3) is 10.6 Å². The van der Waals surface area contributed by atoms with Crippen molar-refractivity contribution < 1.29 is 14.4 Å². The third-order valence-corrected chi connectivity index (χ3v) is 5.16. The maximum absolute atomic E-state index is 12.3. The number of pyridine rings is 1. The van der Waals surface area contributed by atoms with E-state index in [9.17, 15) is 14.4 Å². The Morgan fingerprint density at radius 3 is 2.44 bits per heavy atom. The molecule has 0 unspecified atom stereocenters. The zero-order valence-electron chi connectivity index (χ0n) is 14.2. The minimum Gasteiger partial charge on any atom is -0.350 e. The van der Waals surface area contributed by atoms with Gasteiger partial charge in [-0.05, 0) is 41.3 Å². The van der Waals surface area contributed by atoms with Gasteiger partial charge in [0.15, 0.2) is 0 Å². The van der Waals surface area contributed by atoms with E-state index in [4.69, 9.17) is 0 Å². The molecule has 0 atom stereocenters. The van der Waals surface area contributed by atoms with Gasteiger partial charge in [0.25, 0.3) is 11.8 Å². The summed E-state index contributed by atoms with van der Waals surface area (Å²) in [5, 5.41) is 4.74. The molecule has 4 rings (SSSR count). The van der Waals surface area contributed by atoms with E-state index < -0.39 is 11.8 Å². The lowest BCUT2D eigenvalue weighted by molar-refractivity contribution is -0.121. The maximum Gasteiger partial charge on any atom is 0.262 e. The summed E-state index contributed by atoms with van der Waals surface area (Å²) in [4.78, 5) is 43.2. The Kier molecular flexibility index (Phi) is 4.52. The number of rotatable bonds is 5. The monoisotopic (exact) mass is 377 g/mol. The molecule has 0 aliphatic carbocycles. The number of carbonyl (C=O) groups excluding carboxylic acids is 3. The van der Waals surface area contributed by atoms with Crippen molar-refractivity contribution >= 4 is 29.1 Å². The summed E-state index contributed by atoms with van der Waals surface area (Å²) in [6, 6.07) is 14.3. The lowest BCUT2D eigenvalue weighted by Crippen LogP contribution is -2.40. The number of nitrogens with one attached hydrogen (secondary N) is 1. The Balaban J connectivity index is 1.39. The zero-order chi connectivity index (χ0) is 18.8. The molecular weight excluding hydrogens is 362 g/mol. The first kappa shape index (κ1) is 17.1. The zero-order valence-corrected chi connectivity index (χ0v) is 15.0. The Morgan fingerprint density at radius 1 is 1.04 bits per heavy atom. The lowest BCUT2D eigenvalue weighted by Gasteiger charge is -2.13. The highest BCUT2D eigenvalue weighted by atomic mass is 32.1. The average Bonchev–Trinajstić information content (AvgIpc) is 3.31. The van der Waals surface area contributed by atoms with Crippen LogP contribution in [0.15, 0.2) is 60.1 Å². The number of fused-ring (bicyclic) bond motifs is 1. The van der Waals surface area contributed by atoms with Gasteiger partial charge in [-0.15, -0.1) is 11.3 Å². The fourth-order valence-electron chi connectivity index (χ4n) is 2.93. The van der Waals surface area contributed by atoms with Gasteiger partial charge in [0, 0.05) is 12.7 Å². The molecule has 0 spiro atoms. The number of hydrogen-bond acceptors (Lipinski definition) is 5. The van der Waals surface area contributed by atoms with Gasteiger partial charge in [-0.2, -0.15) is 0 Å². The van der Waals surface area contributed by atoms with Crippen LogP contribution in [0.3, 0.4) is 0 Å². The van der Waals surface area contributed by atoms with Crippen molar-refractivity contribution in [2.45, 2.75) is 6.54 Å².